The molecule has 0 bridgehead atoms. The molecule has 0 aromatic rings. The van der Waals surface area contributed by atoms with Crippen LogP contribution in [-0.4, -0.2) is 16.4 Å². The van der Waals surface area contributed by atoms with Gasteiger partial charge < -0.3 is 23.4 Å². The summed E-state index contributed by atoms with van der Waals surface area (Å²) in [5, 5.41) is 0. The van der Waals surface area contributed by atoms with Crippen molar-refractivity contribution in [3.05, 3.63) is 6.92 Å². The van der Waals surface area contributed by atoms with Crippen LogP contribution in [0.1, 0.15) is 19.8 Å². The largest absolute Gasteiger partial charge is 4.00 e. The first-order valence-electron chi connectivity index (χ1n) is 1.71. The molecule has 0 radical (unpaired) electrons. The van der Waals surface area contributed by atoms with E-state index in [1.807, 2.05) is 0 Å². The smallest absolute Gasteiger partial charge is 0.870 e. The Hall–Kier alpha value is 0.750. The fourth-order valence-corrected chi connectivity index (χ4v) is 0. The Bertz CT molecular complexity index is 13.2. The minimum atomic E-state index is 0. The van der Waals surface area contributed by atoms with Gasteiger partial charge in [-0.2, -0.15) is 6.42 Å². The van der Waals surface area contributed by atoms with Crippen LogP contribution in [0, 0.1) is 6.92 Å². The fraction of sp³-hybridized carbons (Fsp3) is 0.750. The van der Waals surface area contributed by atoms with Gasteiger partial charge in [0.15, 0.2) is 0 Å². The number of unbranched alkanes of at least 4 members (excludes halogenated alkanes) is 1. The van der Waals surface area contributed by atoms with E-state index in [-0.39, 0.29) is 42.3 Å². The van der Waals surface area contributed by atoms with E-state index in [4.69, 9.17) is 0 Å². The third-order valence-electron chi connectivity index (χ3n) is 0.354. The predicted octanol–water partition coefficient (Wildman–Crippen LogP) is 1.09. The molecular weight excluding hydrogens is 275 g/mol. The van der Waals surface area contributed by atoms with Crippen LogP contribution in [0.25, 0.3) is 0 Å². The van der Waals surface area contributed by atoms with Crippen LogP contribution in [0.2, 0.25) is 0 Å². The Labute approximate surface area is 69.2 Å². The van der Waals surface area contributed by atoms with Gasteiger partial charge in [0.05, 0.1) is 0 Å². The molecule has 0 fully saturated rings. The summed E-state index contributed by atoms with van der Waals surface area (Å²) in [6.07, 6.45) is 2.28. The van der Waals surface area contributed by atoms with Crippen LogP contribution in [-0.2, 0) is 25.8 Å². The van der Waals surface area contributed by atoms with Crippen molar-refractivity contribution < 1.29 is 42.3 Å². The summed E-state index contributed by atoms with van der Waals surface area (Å²) in [7, 11) is 0. The molecule has 0 rings (SSSR count). The Morgan fingerprint density at radius 2 is 1.25 bits per heavy atom. The van der Waals surface area contributed by atoms with Gasteiger partial charge in [0, 0.05) is 0 Å². The number of hydrogen-bond donors (Lipinski definition) is 0. The van der Waals surface area contributed by atoms with Crippen molar-refractivity contribution >= 4 is 0 Å². The van der Waals surface area contributed by atoms with Crippen LogP contribution in [0.3, 0.4) is 0 Å². The molecule has 8 heavy (non-hydrogen) atoms. The van der Waals surface area contributed by atoms with Crippen molar-refractivity contribution in [2.45, 2.75) is 19.8 Å². The van der Waals surface area contributed by atoms with Gasteiger partial charge in [-0.3, -0.25) is 0 Å². The maximum Gasteiger partial charge on any atom is 4.00 e. The Morgan fingerprint density at radius 3 is 1.25 bits per heavy atom. The van der Waals surface area contributed by atoms with Crippen LogP contribution in [0.5, 0.6) is 0 Å². The molecule has 0 aliphatic carbocycles. The molecule has 0 heterocycles. The monoisotopic (exact) mass is 288 g/mol. The Kier molecular flexibility index (Phi) is 218. The van der Waals surface area contributed by atoms with E-state index >= 15 is 0 Å². The predicted molar refractivity (Wildman–Crippen MR) is 26.1 cm³/mol. The SMILES string of the molecule is [CH2-]CCC.[Hf+4].[OH-].[OH-].[OH-]. The molecule has 3 N–H and O–H groups in total. The standard InChI is InChI=1S/C4H9.Hf.3H2O/c1-3-4-2;;;;/h1,3-4H2,2H3;;3*1H2/q-1;+4;;;/p-3. The molecule has 0 aliphatic heterocycles. The van der Waals surface area contributed by atoms with Crippen molar-refractivity contribution in [1.82, 2.24) is 0 Å². The summed E-state index contributed by atoms with van der Waals surface area (Å²) >= 11 is 0. The third kappa shape index (κ3) is 72.9. The maximum atomic E-state index is 3.60. The van der Waals surface area contributed by atoms with Gasteiger partial charge in [0.1, 0.15) is 0 Å². The second kappa shape index (κ2) is 46.7. The van der Waals surface area contributed by atoms with E-state index in [1.165, 1.54) is 6.42 Å². The Balaban J connectivity index is -0.00000000750. The average Bonchev–Trinajstić information content (AvgIpc) is 1.37. The number of rotatable bonds is 1. The van der Waals surface area contributed by atoms with E-state index in [9.17, 15) is 0 Å². The van der Waals surface area contributed by atoms with E-state index in [0.29, 0.717) is 0 Å². The van der Waals surface area contributed by atoms with E-state index in [1.54, 1.807) is 0 Å². The first-order chi connectivity index (χ1) is 1.91. The second-order valence-electron chi connectivity index (χ2n) is 0.854. The van der Waals surface area contributed by atoms with Gasteiger partial charge in [0.2, 0.25) is 0 Å². The van der Waals surface area contributed by atoms with Gasteiger partial charge in [-0.1, -0.05) is 13.3 Å². The molecule has 0 saturated carbocycles. The molecular formula is C4H12HfO3. The zero-order valence-corrected chi connectivity index (χ0v) is 8.56. The first-order valence-corrected chi connectivity index (χ1v) is 1.71. The quantitative estimate of drug-likeness (QED) is 0.533. The van der Waals surface area contributed by atoms with Gasteiger partial charge in [-0.25, -0.2) is 0 Å². The molecule has 0 unspecified atom stereocenters. The molecule has 0 atom stereocenters. The summed E-state index contributed by atoms with van der Waals surface area (Å²) in [6.45, 7) is 5.72. The summed E-state index contributed by atoms with van der Waals surface area (Å²) in [5.74, 6) is 0. The van der Waals surface area contributed by atoms with Crippen LogP contribution in [0.15, 0.2) is 0 Å². The summed E-state index contributed by atoms with van der Waals surface area (Å²) in [4.78, 5) is 0. The van der Waals surface area contributed by atoms with Crippen molar-refractivity contribution in [3.63, 3.8) is 0 Å². The molecule has 0 aliphatic rings. The van der Waals surface area contributed by atoms with Gasteiger partial charge >= 0.3 is 25.8 Å². The zero-order valence-electron chi connectivity index (χ0n) is 4.96. The maximum absolute atomic E-state index is 3.60. The topological polar surface area (TPSA) is 90.0 Å². The van der Waals surface area contributed by atoms with Gasteiger partial charge in [-0.15, -0.1) is 0 Å². The van der Waals surface area contributed by atoms with Crippen molar-refractivity contribution in [2.24, 2.45) is 0 Å². The minimum Gasteiger partial charge on any atom is -0.870 e. The van der Waals surface area contributed by atoms with E-state index in [0.717, 1.165) is 6.42 Å². The average molecular weight is 287 g/mol. The molecule has 4 heteroatoms. The molecule has 0 amide bonds. The first kappa shape index (κ1) is 37.4. The van der Waals surface area contributed by atoms with Crippen molar-refractivity contribution in [2.75, 3.05) is 0 Å². The molecule has 0 saturated heterocycles. The van der Waals surface area contributed by atoms with Crippen LogP contribution in [0.4, 0.5) is 0 Å². The summed E-state index contributed by atoms with van der Waals surface area (Å²) < 4.78 is 0. The summed E-state index contributed by atoms with van der Waals surface area (Å²) in [6, 6.07) is 0. The Morgan fingerprint density at radius 1 is 1.12 bits per heavy atom. The van der Waals surface area contributed by atoms with E-state index < -0.39 is 0 Å². The van der Waals surface area contributed by atoms with Crippen molar-refractivity contribution in [3.8, 4) is 0 Å². The van der Waals surface area contributed by atoms with E-state index in [2.05, 4.69) is 13.8 Å². The fourth-order valence-electron chi connectivity index (χ4n) is 0. The van der Waals surface area contributed by atoms with Crippen LogP contribution < -0.4 is 0 Å². The zero-order chi connectivity index (χ0) is 3.41. The second-order valence-corrected chi connectivity index (χ2v) is 0.854. The summed E-state index contributed by atoms with van der Waals surface area (Å²) in [5.41, 5.74) is 0. The number of hydrogen-bond acceptors (Lipinski definition) is 3. The molecule has 0 aromatic carbocycles. The molecule has 0 aromatic heterocycles. The minimum absolute atomic E-state index is 0. The molecule has 50 valence electrons. The molecule has 0 spiro atoms. The van der Waals surface area contributed by atoms with Gasteiger partial charge in [-0.05, 0) is 0 Å². The molecule has 3 nitrogen and oxygen atoms in total. The van der Waals surface area contributed by atoms with Crippen LogP contribution >= 0.6 is 0 Å². The normalized spacial score (nSPS) is 3.75. The van der Waals surface area contributed by atoms with Crippen molar-refractivity contribution in [1.29, 1.82) is 0 Å². The third-order valence-corrected chi connectivity index (χ3v) is 0.354. The van der Waals surface area contributed by atoms with Gasteiger partial charge in [0.25, 0.3) is 0 Å².